The van der Waals surface area contributed by atoms with Crippen LogP contribution < -0.4 is 0 Å². The molecule has 0 bridgehead atoms. The number of hydrogen-bond acceptors (Lipinski definition) is 3. The Labute approximate surface area is 278 Å². The monoisotopic (exact) mass is 665 g/mol. The fraction of sp³-hybridized carbons (Fsp3) is 0. The molecule has 47 heavy (non-hydrogen) atoms. The van der Waals surface area contributed by atoms with Gasteiger partial charge in [0.2, 0.25) is 0 Å². The first-order valence-corrected chi connectivity index (χ1v) is 17.4. The maximum Gasteiger partial charge on any atom is -0.0544 e. The van der Waals surface area contributed by atoms with E-state index in [0.29, 0.717) is 17.5 Å². The van der Waals surface area contributed by atoms with Gasteiger partial charge >= 0.3 is 232 Å². The largest absolute Gasteiger partial charge is 0.0617 e. The molecule has 4 heteroatoms. The Morgan fingerprint density at radius 3 is 1.64 bits per heavy atom. The fourth-order valence-corrected chi connectivity index (χ4v) is 9.08. The minimum atomic E-state index is 0.254. The zero-order valence-corrected chi connectivity index (χ0v) is 27.1. The summed E-state index contributed by atoms with van der Waals surface area (Å²) in [5.41, 5.74) is 7.73. The third kappa shape index (κ3) is 4.96. The van der Waals surface area contributed by atoms with Crippen molar-refractivity contribution in [3.63, 3.8) is 0 Å². The van der Waals surface area contributed by atoms with Gasteiger partial charge in [-0.1, -0.05) is 42.5 Å². The molecule has 0 aliphatic carbocycles. The minimum absolute atomic E-state index is 0.254. The van der Waals surface area contributed by atoms with E-state index in [-0.39, 0.29) is 14.5 Å². The first-order valence-electron chi connectivity index (χ1n) is 15.7. The molecule has 7 aromatic carbocycles. The van der Waals surface area contributed by atoms with Gasteiger partial charge in [0.1, 0.15) is 0 Å². The van der Waals surface area contributed by atoms with Crippen LogP contribution in [0.4, 0.5) is 0 Å². The molecule has 0 unspecified atom stereocenters. The van der Waals surface area contributed by atoms with Gasteiger partial charge in [0.25, 0.3) is 0 Å². The van der Waals surface area contributed by atoms with Crippen molar-refractivity contribution in [1.29, 1.82) is 0 Å². The van der Waals surface area contributed by atoms with Crippen LogP contribution in [-0.2, 0) is 0 Å². The average molecular weight is 665 g/mol. The third-order valence-electron chi connectivity index (χ3n) is 8.75. The smallest absolute Gasteiger partial charge is 0.0544 e. The molecule has 0 aliphatic heterocycles. The summed E-state index contributed by atoms with van der Waals surface area (Å²) in [5.74, 6) is 1.97. The van der Waals surface area contributed by atoms with E-state index >= 15 is 0 Å². The van der Waals surface area contributed by atoms with Crippen LogP contribution in [0.25, 0.3) is 86.5 Å². The number of hydrogen-bond donors (Lipinski definition) is 0. The molecule has 9 rings (SSSR count). The van der Waals surface area contributed by atoms with E-state index in [4.69, 9.17) is 15.0 Å². The summed E-state index contributed by atoms with van der Waals surface area (Å²) in [6.45, 7) is 0. The molecule has 0 radical (unpaired) electrons. The van der Waals surface area contributed by atoms with Crippen LogP contribution in [-0.4, -0.2) is 29.5 Å². The van der Waals surface area contributed by atoms with Crippen molar-refractivity contribution in [3.8, 4) is 56.4 Å². The molecule has 0 atom stereocenters. The molecule has 0 N–H and O–H groups in total. The molecular weight excluding hydrogens is 637 g/mol. The van der Waals surface area contributed by atoms with Gasteiger partial charge < -0.3 is 0 Å². The molecule has 0 amide bonds. The van der Waals surface area contributed by atoms with Gasteiger partial charge in [-0.3, -0.25) is 0 Å². The molecule has 0 spiro atoms. The van der Waals surface area contributed by atoms with Gasteiger partial charge in [0.05, 0.1) is 0 Å². The van der Waals surface area contributed by atoms with Crippen molar-refractivity contribution in [2.45, 2.75) is 0 Å². The van der Waals surface area contributed by atoms with Crippen LogP contribution in [0.1, 0.15) is 0 Å². The normalized spacial score (nSPS) is 11.4. The van der Waals surface area contributed by atoms with Crippen LogP contribution in [0.3, 0.4) is 0 Å². The van der Waals surface area contributed by atoms with Crippen LogP contribution in [0.5, 0.6) is 0 Å². The van der Waals surface area contributed by atoms with Crippen molar-refractivity contribution in [3.05, 3.63) is 164 Å². The Kier molecular flexibility index (Phi) is 6.82. The summed E-state index contributed by atoms with van der Waals surface area (Å²) in [7, 11) is 0. The standard InChI is InChI=1S/C43H27N3Se/c1-3-13-28(14-4-1)30-17-11-18-31(27-30)42-44-41(29-15-5-2-6-16-29)45-43(46-42)38-26-25-34(32-19-7-8-20-33(32)38)36-22-12-23-37-35-21-9-10-24-39(35)47-40(36)37/h1-27H. The maximum atomic E-state index is 5.15. The van der Waals surface area contributed by atoms with Gasteiger partial charge in [0, 0.05) is 0 Å². The van der Waals surface area contributed by atoms with Crippen LogP contribution in [0, 0.1) is 0 Å². The van der Waals surface area contributed by atoms with Crippen LogP contribution in [0.15, 0.2) is 164 Å². The molecule has 0 fully saturated rings. The summed E-state index contributed by atoms with van der Waals surface area (Å²) in [6, 6.07) is 57.7. The third-order valence-corrected chi connectivity index (χ3v) is 11.3. The Balaban J connectivity index is 1.24. The van der Waals surface area contributed by atoms with Gasteiger partial charge in [-0.15, -0.1) is 0 Å². The molecule has 9 aromatic rings. The fourth-order valence-electron chi connectivity index (χ4n) is 6.50. The van der Waals surface area contributed by atoms with E-state index in [2.05, 4.69) is 140 Å². The Morgan fingerprint density at radius 2 is 0.851 bits per heavy atom. The zero-order chi connectivity index (χ0) is 31.2. The molecule has 0 saturated carbocycles. The molecular formula is C43H27N3Se. The number of fused-ring (bicyclic) bond motifs is 4. The summed E-state index contributed by atoms with van der Waals surface area (Å²) in [6.07, 6.45) is 0. The SMILES string of the molecule is c1ccc(-c2cccc(-c3nc(-c4ccccc4)nc(-c4ccc(-c5cccc6c5[se]c5ccccc56)c5ccccc45)n3)c2)cc1. The van der Waals surface area contributed by atoms with Crippen molar-refractivity contribution in [1.82, 2.24) is 15.0 Å². The van der Waals surface area contributed by atoms with E-state index in [1.807, 2.05) is 24.3 Å². The first-order chi connectivity index (χ1) is 23.3. The van der Waals surface area contributed by atoms with Crippen molar-refractivity contribution >= 4 is 44.6 Å². The molecule has 2 heterocycles. The zero-order valence-electron chi connectivity index (χ0n) is 25.3. The predicted molar refractivity (Wildman–Crippen MR) is 196 cm³/mol. The van der Waals surface area contributed by atoms with E-state index in [0.717, 1.165) is 33.2 Å². The number of benzene rings is 7. The average Bonchev–Trinajstić information content (AvgIpc) is 3.54. The summed E-state index contributed by atoms with van der Waals surface area (Å²) >= 11 is 0.254. The number of aromatic nitrogens is 3. The molecule has 2 aromatic heterocycles. The molecule has 220 valence electrons. The minimum Gasteiger partial charge on any atom is -0.0617 e. The maximum absolute atomic E-state index is 5.15. The molecule has 0 saturated heterocycles. The van der Waals surface area contributed by atoms with Crippen LogP contribution >= 0.6 is 0 Å². The van der Waals surface area contributed by atoms with Crippen molar-refractivity contribution in [2.24, 2.45) is 0 Å². The van der Waals surface area contributed by atoms with E-state index in [1.54, 1.807) is 0 Å². The second-order valence-corrected chi connectivity index (χ2v) is 13.8. The Hall–Kier alpha value is -5.67. The number of nitrogens with zero attached hydrogens (tertiary/aromatic N) is 3. The molecule has 3 nitrogen and oxygen atoms in total. The van der Waals surface area contributed by atoms with Gasteiger partial charge in [0.15, 0.2) is 0 Å². The second-order valence-electron chi connectivity index (χ2n) is 11.6. The summed E-state index contributed by atoms with van der Waals surface area (Å²) < 4.78 is 2.90. The Bertz CT molecular complexity index is 2570. The van der Waals surface area contributed by atoms with Gasteiger partial charge in [-0.2, -0.15) is 0 Å². The topological polar surface area (TPSA) is 38.7 Å². The van der Waals surface area contributed by atoms with E-state index < -0.39 is 0 Å². The number of rotatable bonds is 5. The Morgan fingerprint density at radius 1 is 0.319 bits per heavy atom. The van der Waals surface area contributed by atoms with E-state index in [1.165, 1.54) is 35.8 Å². The van der Waals surface area contributed by atoms with Crippen LogP contribution in [0.2, 0.25) is 0 Å². The quantitative estimate of drug-likeness (QED) is 0.172. The van der Waals surface area contributed by atoms with E-state index in [9.17, 15) is 0 Å². The van der Waals surface area contributed by atoms with Gasteiger partial charge in [-0.25, -0.2) is 0 Å². The van der Waals surface area contributed by atoms with Crippen molar-refractivity contribution in [2.75, 3.05) is 0 Å². The predicted octanol–water partition coefficient (Wildman–Crippen LogP) is 10.7. The summed E-state index contributed by atoms with van der Waals surface area (Å²) in [5, 5.41) is 5.05. The first kappa shape index (κ1) is 27.6. The van der Waals surface area contributed by atoms with Crippen molar-refractivity contribution < 1.29 is 0 Å². The summed E-state index contributed by atoms with van der Waals surface area (Å²) in [4.78, 5) is 15.3. The van der Waals surface area contributed by atoms with Gasteiger partial charge in [-0.05, 0) is 5.56 Å². The molecule has 0 aliphatic rings. The second kappa shape index (κ2) is 11.6.